The summed E-state index contributed by atoms with van der Waals surface area (Å²) in [6.07, 6.45) is 0. The van der Waals surface area contributed by atoms with Crippen LogP contribution in [0.5, 0.6) is 34.5 Å². The first-order chi connectivity index (χ1) is 25.9. The van der Waals surface area contributed by atoms with Gasteiger partial charge in [0, 0.05) is 0 Å². The molecule has 0 radical (unpaired) electrons. The Morgan fingerprint density at radius 3 is 0.491 bits per heavy atom. The summed E-state index contributed by atoms with van der Waals surface area (Å²) < 4.78 is 31.8. The third-order valence-corrected chi connectivity index (χ3v) is 12.9. The molecule has 0 N–H and O–H groups in total. The van der Waals surface area contributed by atoms with Gasteiger partial charge in [-0.15, -0.1) is 0 Å². The summed E-state index contributed by atoms with van der Waals surface area (Å²) in [4.78, 5) is 0. The Morgan fingerprint density at radius 2 is 0.396 bits per heavy atom. The van der Waals surface area contributed by atoms with Crippen molar-refractivity contribution >= 4 is 66.7 Å². The first kappa shape index (κ1) is 42.0. The van der Waals surface area contributed by atoms with Gasteiger partial charge in [-0.1, -0.05) is 72.8 Å². The molecule has 0 aliphatic heterocycles. The summed E-state index contributed by atoms with van der Waals surface area (Å²) >= 11 is -0.106. The molecule has 0 atom stereocenters. The van der Waals surface area contributed by atoms with E-state index in [0.717, 1.165) is 34.5 Å². The summed E-state index contributed by atoms with van der Waals surface area (Å²) in [7, 11) is 18.4. The first-order valence-electron chi connectivity index (χ1n) is 16.2. The van der Waals surface area contributed by atoms with E-state index in [0.29, 0.717) is 0 Å². The van der Waals surface area contributed by atoms with Crippen LogP contribution in [0, 0.1) is 0 Å². The molecule has 0 saturated carbocycles. The summed E-state index contributed by atoms with van der Waals surface area (Å²) in [5.74, 6) is 5.18. The Kier molecular flexibility index (Phi) is 17.8. The van der Waals surface area contributed by atoms with Crippen molar-refractivity contribution in [3.8, 4) is 34.5 Å². The zero-order chi connectivity index (χ0) is 38.0. The van der Waals surface area contributed by atoms with E-state index in [-0.39, 0.29) is 15.9 Å². The van der Waals surface area contributed by atoms with Crippen molar-refractivity contribution < 1.29 is 44.4 Å². The van der Waals surface area contributed by atoms with Gasteiger partial charge in [-0.3, -0.25) is 0 Å². The Balaban J connectivity index is 0.000000220. The van der Waals surface area contributed by atoms with E-state index in [1.54, 1.807) is 42.7 Å². The number of ether oxygens (including phenoxy) is 6. The number of benzene rings is 6. The van der Waals surface area contributed by atoms with Crippen LogP contribution in [0.2, 0.25) is 0 Å². The van der Waals surface area contributed by atoms with Crippen molar-refractivity contribution in [2.75, 3.05) is 42.7 Å². The average Bonchev–Trinajstić information content (AvgIpc) is 3.23. The van der Waals surface area contributed by atoms with Gasteiger partial charge >= 0.3 is 35.0 Å². The molecule has 0 heterocycles. The molecule has 0 saturated heterocycles. The average molecular weight is 882 g/mol. The molecular formula is C42H42Cl2O6P2Pd. The van der Waals surface area contributed by atoms with E-state index in [9.17, 15) is 0 Å². The minimum atomic E-state index is -0.665. The molecule has 0 aliphatic carbocycles. The topological polar surface area (TPSA) is 55.4 Å². The molecule has 0 aliphatic rings. The van der Waals surface area contributed by atoms with Gasteiger partial charge < -0.3 is 28.4 Å². The van der Waals surface area contributed by atoms with Crippen LogP contribution in [0.25, 0.3) is 0 Å². The Bertz CT molecular complexity index is 1550. The van der Waals surface area contributed by atoms with Crippen LogP contribution >= 0.6 is 34.9 Å². The number of hydrogen-bond donors (Lipinski definition) is 0. The molecule has 6 aromatic rings. The second-order valence-electron chi connectivity index (χ2n) is 10.9. The fourth-order valence-electron chi connectivity index (χ4n) is 5.28. The van der Waals surface area contributed by atoms with E-state index >= 15 is 0 Å². The molecule has 280 valence electrons. The third-order valence-electron chi connectivity index (χ3n) is 7.98. The molecule has 0 fully saturated rings. The molecule has 6 nitrogen and oxygen atoms in total. The van der Waals surface area contributed by atoms with E-state index in [1.807, 2.05) is 72.8 Å². The van der Waals surface area contributed by atoms with Crippen LogP contribution in [0.3, 0.4) is 0 Å². The summed E-state index contributed by atoms with van der Waals surface area (Å²) in [5.41, 5.74) is 0. The standard InChI is InChI=1S/2C21H21O3P.2ClH.Pd/c2*1-22-16-4-10-19(11-5-16)25(20-12-6-17(23-2)7-13-20)21-14-8-18(24-3)9-15-21;;;/h2*4-15H,1-3H3;2*1H;/q;;;;+2/p-2. The Labute approximate surface area is 331 Å². The number of hydrogen-bond acceptors (Lipinski definition) is 6. The van der Waals surface area contributed by atoms with Crippen molar-refractivity contribution in [2.45, 2.75) is 0 Å². The van der Waals surface area contributed by atoms with Crippen LogP contribution < -0.4 is 60.2 Å². The molecule has 11 heteroatoms. The maximum atomic E-state index is 5.30. The zero-order valence-electron chi connectivity index (χ0n) is 30.3. The van der Waals surface area contributed by atoms with Crippen LogP contribution in [-0.2, 0) is 15.9 Å². The summed E-state index contributed by atoms with van der Waals surface area (Å²) in [5, 5.41) is 7.62. The van der Waals surface area contributed by atoms with Gasteiger partial charge in [-0.25, -0.2) is 0 Å². The minimum absolute atomic E-state index is 0.106. The van der Waals surface area contributed by atoms with Gasteiger partial charge in [0.2, 0.25) is 0 Å². The molecule has 6 aromatic carbocycles. The van der Waals surface area contributed by atoms with Gasteiger partial charge in [0.25, 0.3) is 0 Å². The van der Waals surface area contributed by atoms with Gasteiger partial charge in [-0.05, 0) is 120 Å². The van der Waals surface area contributed by atoms with E-state index < -0.39 is 15.8 Å². The van der Waals surface area contributed by atoms with Crippen molar-refractivity contribution in [1.82, 2.24) is 0 Å². The van der Waals surface area contributed by atoms with Gasteiger partial charge in [0.05, 0.1) is 42.7 Å². The monoisotopic (exact) mass is 880 g/mol. The first-order valence-corrected chi connectivity index (χ1v) is 22.9. The molecular weight excluding hydrogens is 840 g/mol. The number of methoxy groups -OCH3 is 6. The molecule has 53 heavy (non-hydrogen) atoms. The number of rotatable bonds is 12. The quantitative estimate of drug-likeness (QED) is 0.0912. The predicted molar refractivity (Wildman–Crippen MR) is 221 cm³/mol. The Hall–Kier alpha value is -3.78. The van der Waals surface area contributed by atoms with Gasteiger partial charge in [0.1, 0.15) is 34.5 Å². The van der Waals surface area contributed by atoms with Crippen LogP contribution in [0.4, 0.5) is 0 Å². The van der Waals surface area contributed by atoms with Crippen molar-refractivity contribution in [2.24, 2.45) is 0 Å². The van der Waals surface area contributed by atoms with E-state index in [1.165, 1.54) is 31.8 Å². The second kappa shape index (κ2) is 22.4. The van der Waals surface area contributed by atoms with E-state index in [2.05, 4.69) is 72.8 Å². The third kappa shape index (κ3) is 12.1. The van der Waals surface area contributed by atoms with Crippen LogP contribution in [0.15, 0.2) is 146 Å². The fraction of sp³-hybridized carbons (Fsp3) is 0.143. The van der Waals surface area contributed by atoms with Gasteiger partial charge in [0.15, 0.2) is 0 Å². The SMILES string of the molecule is COc1ccc(P(c2ccc(OC)cc2)c2ccc(OC)cc2)cc1.COc1ccc(P(c2ccc(OC)cc2)c2ccc(OC)cc2)cc1.[Cl][Pd][Cl]. The summed E-state index contributed by atoms with van der Waals surface area (Å²) in [6.45, 7) is 0. The van der Waals surface area contributed by atoms with Gasteiger partial charge in [-0.2, -0.15) is 0 Å². The maximum absolute atomic E-state index is 5.30. The molecule has 6 rings (SSSR count). The van der Waals surface area contributed by atoms with Crippen molar-refractivity contribution in [3.05, 3.63) is 146 Å². The fourth-order valence-corrected chi connectivity index (χ4v) is 9.75. The molecule has 0 spiro atoms. The molecule has 0 amide bonds. The van der Waals surface area contributed by atoms with E-state index in [4.69, 9.17) is 47.5 Å². The van der Waals surface area contributed by atoms with Crippen molar-refractivity contribution in [1.29, 1.82) is 0 Å². The molecule has 0 aromatic heterocycles. The summed E-state index contributed by atoms with van der Waals surface area (Å²) in [6, 6.07) is 49.8. The second-order valence-corrected chi connectivity index (χ2v) is 17.7. The zero-order valence-corrected chi connectivity index (χ0v) is 35.1. The predicted octanol–water partition coefficient (Wildman–Crippen LogP) is 8.32. The molecule has 0 bridgehead atoms. The normalized spacial score (nSPS) is 10.4. The van der Waals surface area contributed by atoms with Crippen molar-refractivity contribution in [3.63, 3.8) is 0 Å². The molecule has 0 unspecified atom stereocenters. The van der Waals surface area contributed by atoms with Crippen LogP contribution in [0.1, 0.15) is 0 Å². The number of halogens is 2. The Morgan fingerprint density at radius 1 is 0.283 bits per heavy atom. The van der Waals surface area contributed by atoms with Crippen LogP contribution in [-0.4, -0.2) is 42.7 Å².